The SMILES string of the molecule is Cc1ccsc1C=NNc1ccc([N+](=O)[O-])cc1S(=O)(=O)N1CCOCC1. The standard InChI is InChI=1S/C16H18N4O5S2/c1-12-4-9-26-15(12)11-17-18-14-3-2-13(20(21)22)10-16(14)27(23,24)19-5-7-25-8-6-19/h2-4,9-11,18H,5-8H2,1H3. The molecule has 144 valence electrons. The van der Waals surface area contributed by atoms with Crippen molar-refractivity contribution >= 4 is 38.9 Å². The van der Waals surface area contributed by atoms with E-state index in [1.54, 1.807) is 6.21 Å². The monoisotopic (exact) mass is 410 g/mol. The second-order valence-corrected chi connectivity index (χ2v) is 8.65. The first-order chi connectivity index (χ1) is 12.9. The van der Waals surface area contributed by atoms with Gasteiger partial charge in [-0.3, -0.25) is 15.5 Å². The van der Waals surface area contributed by atoms with Gasteiger partial charge in [-0.15, -0.1) is 11.3 Å². The molecule has 2 aromatic rings. The second-order valence-electron chi connectivity index (χ2n) is 5.79. The molecule has 1 aromatic carbocycles. The van der Waals surface area contributed by atoms with Crippen LogP contribution in [0, 0.1) is 17.0 Å². The Hall–Kier alpha value is -2.34. The summed E-state index contributed by atoms with van der Waals surface area (Å²) in [4.78, 5) is 11.2. The number of sulfonamides is 1. The maximum Gasteiger partial charge on any atom is 0.270 e. The Morgan fingerprint density at radius 1 is 1.33 bits per heavy atom. The lowest BCUT2D eigenvalue weighted by molar-refractivity contribution is -0.385. The molecule has 0 unspecified atom stereocenters. The fourth-order valence-corrected chi connectivity index (χ4v) is 4.89. The number of aryl methyl sites for hydroxylation is 1. The third-order valence-electron chi connectivity index (χ3n) is 4.03. The van der Waals surface area contributed by atoms with Gasteiger partial charge in [0.05, 0.1) is 30.0 Å². The molecule has 1 aliphatic heterocycles. The van der Waals surface area contributed by atoms with Crippen molar-refractivity contribution in [3.63, 3.8) is 0 Å². The van der Waals surface area contributed by atoms with Crippen molar-refractivity contribution in [3.8, 4) is 0 Å². The summed E-state index contributed by atoms with van der Waals surface area (Å²) >= 11 is 1.50. The number of hydrogen-bond acceptors (Lipinski definition) is 8. The lowest BCUT2D eigenvalue weighted by Crippen LogP contribution is -2.40. The van der Waals surface area contributed by atoms with Gasteiger partial charge in [0.25, 0.3) is 5.69 Å². The Morgan fingerprint density at radius 2 is 2.07 bits per heavy atom. The highest BCUT2D eigenvalue weighted by molar-refractivity contribution is 7.89. The molecule has 0 amide bonds. The molecule has 11 heteroatoms. The summed E-state index contributed by atoms with van der Waals surface area (Å²) in [6.07, 6.45) is 1.59. The van der Waals surface area contributed by atoms with Crippen LogP contribution < -0.4 is 5.43 Å². The molecule has 1 saturated heterocycles. The third-order valence-corrected chi connectivity index (χ3v) is 6.92. The Labute approximate surface area is 160 Å². The van der Waals surface area contributed by atoms with Crippen LogP contribution >= 0.6 is 11.3 Å². The summed E-state index contributed by atoms with van der Waals surface area (Å²) in [6, 6.07) is 5.60. The minimum absolute atomic E-state index is 0.178. The van der Waals surface area contributed by atoms with Gasteiger partial charge >= 0.3 is 0 Å². The molecule has 0 spiro atoms. The number of nitro groups is 1. The number of thiophene rings is 1. The largest absolute Gasteiger partial charge is 0.379 e. The van der Waals surface area contributed by atoms with Gasteiger partial charge in [-0.2, -0.15) is 9.41 Å². The highest BCUT2D eigenvalue weighted by Gasteiger charge is 2.30. The molecule has 27 heavy (non-hydrogen) atoms. The molecule has 9 nitrogen and oxygen atoms in total. The average Bonchev–Trinajstić information content (AvgIpc) is 3.07. The number of anilines is 1. The molecule has 0 atom stereocenters. The lowest BCUT2D eigenvalue weighted by atomic mass is 10.3. The van der Waals surface area contributed by atoms with E-state index in [-0.39, 0.29) is 42.6 Å². The predicted octanol–water partition coefficient (Wildman–Crippen LogP) is 2.43. The number of benzene rings is 1. The van der Waals surface area contributed by atoms with Crippen LogP contribution in [-0.4, -0.2) is 50.2 Å². The van der Waals surface area contributed by atoms with Crippen molar-refractivity contribution in [1.29, 1.82) is 0 Å². The molecule has 1 fully saturated rings. The molecule has 1 N–H and O–H groups in total. The topological polar surface area (TPSA) is 114 Å². The molecule has 1 aliphatic rings. The summed E-state index contributed by atoms with van der Waals surface area (Å²) in [5.41, 5.74) is 3.64. The zero-order valence-electron chi connectivity index (χ0n) is 14.5. The van der Waals surface area contributed by atoms with E-state index in [0.29, 0.717) is 0 Å². The van der Waals surface area contributed by atoms with Gasteiger partial charge < -0.3 is 4.74 Å². The number of ether oxygens (including phenoxy) is 1. The van der Waals surface area contributed by atoms with E-state index in [1.165, 1.54) is 27.8 Å². The molecular weight excluding hydrogens is 392 g/mol. The first-order valence-corrected chi connectivity index (χ1v) is 10.4. The normalized spacial score (nSPS) is 15.9. The van der Waals surface area contributed by atoms with Crippen molar-refractivity contribution in [2.45, 2.75) is 11.8 Å². The zero-order chi connectivity index (χ0) is 19.4. The Morgan fingerprint density at radius 3 is 2.70 bits per heavy atom. The lowest BCUT2D eigenvalue weighted by Gasteiger charge is -2.26. The summed E-state index contributed by atoms with van der Waals surface area (Å²) in [5.74, 6) is 0. The Bertz CT molecular complexity index is 965. The van der Waals surface area contributed by atoms with Gasteiger partial charge in [0.15, 0.2) is 0 Å². The summed E-state index contributed by atoms with van der Waals surface area (Å²) < 4.78 is 32.4. The van der Waals surface area contributed by atoms with Gasteiger partial charge in [-0.25, -0.2) is 8.42 Å². The summed E-state index contributed by atoms with van der Waals surface area (Å²) in [6.45, 7) is 2.90. The number of morpholine rings is 1. The van der Waals surface area contributed by atoms with Gasteiger partial charge in [-0.05, 0) is 30.0 Å². The molecule has 2 heterocycles. The highest BCUT2D eigenvalue weighted by Crippen LogP contribution is 2.29. The van der Waals surface area contributed by atoms with E-state index in [9.17, 15) is 18.5 Å². The number of hydrogen-bond donors (Lipinski definition) is 1. The molecule has 0 radical (unpaired) electrons. The van der Waals surface area contributed by atoms with E-state index in [1.807, 2.05) is 18.4 Å². The number of nitro benzene ring substituents is 1. The molecule has 0 aliphatic carbocycles. The van der Waals surface area contributed by atoms with Crippen LogP contribution in [0.5, 0.6) is 0 Å². The van der Waals surface area contributed by atoms with Crippen molar-refractivity contribution in [2.75, 3.05) is 31.7 Å². The minimum atomic E-state index is -3.93. The summed E-state index contributed by atoms with van der Waals surface area (Å²) in [5, 5.41) is 17.1. The van der Waals surface area contributed by atoms with Crippen molar-refractivity contribution in [1.82, 2.24) is 4.31 Å². The average molecular weight is 410 g/mol. The fraction of sp³-hybridized carbons (Fsp3) is 0.312. The van der Waals surface area contributed by atoms with Crippen LogP contribution in [0.1, 0.15) is 10.4 Å². The maximum atomic E-state index is 13.0. The number of nitrogens with one attached hydrogen (secondary N) is 1. The van der Waals surface area contributed by atoms with E-state index in [2.05, 4.69) is 10.5 Å². The van der Waals surface area contributed by atoms with Gasteiger partial charge in [-0.1, -0.05) is 0 Å². The molecule has 3 rings (SSSR count). The molecule has 0 saturated carbocycles. The van der Waals surface area contributed by atoms with Crippen molar-refractivity contribution in [2.24, 2.45) is 5.10 Å². The van der Waals surface area contributed by atoms with Crippen LogP contribution in [-0.2, 0) is 14.8 Å². The van der Waals surface area contributed by atoms with E-state index in [0.717, 1.165) is 16.5 Å². The van der Waals surface area contributed by atoms with Gasteiger partial charge in [0.1, 0.15) is 4.90 Å². The zero-order valence-corrected chi connectivity index (χ0v) is 16.1. The van der Waals surface area contributed by atoms with Crippen LogP contribution in [0.3, 0.4) is 0 Å². The van der Waals surface area contributed by atoms with Crippen LogP contribution in [0.2, 0.25) is 0 Å². The van der Waals surface area contributed by atoms with Crippen LogP contribution in [0.15, 0.2) is 39.6 Å². The second kappa shape index (κ2) is 8.13. The Balaban J connectivity index is 1.94. The Kier molecular flexibility index (Phi) is 5.85. The number of hydrazone groups is 1. The predicted molar refractivity (Wildman–Crippen MR) is 103 cm³/mol. The minimum Gasteiger partial charge on any atom is -0.379 e. The number of rotatable bonds is 6. The van der Waals surface area contributed by atoms with E-state index < -0.39 is 14.9 Å². The summed E-state index contributed by atoms with van der Waals surface area (Å²) in [7, 11) is -3.93. The third kappa shape index (κ3) is 4.33. The van der Waals surface area contributed by atoms with Crippen LogP contribution in [0.4, 0.5) is 11.4 Å². The number of non-ortho nitro benzene ring substituents is 1. The highest BCUT2D eigenvalue weighted by atomic mass is 32.2. The fourth-order valence-electron chi connectivity index (χ4n) is 2.53. The maximum absolute atomic E-state index is 13.0. The first kappa shape index (κ1) is 19.4. The molecular formula is C16H18N4O5S2. The van der Waals surface area contributed by atoms with Crippen LogP contribution in [0.25, 0.3) is 0 Å². The van der Waals surface area contributed by atoms with Crippen molar-refractivity contribution in [3.05, 3.63) is 50.2 Å². The smallest absolute Gasteiger partial charge is 0.270 e. The van der Waals surface area contributed by atoms with Gasteiger partial charge in [0, 0.05) is 30.1 Å². The van der Waals surface area contributed by atoms with Crippen molar-refractivity contribution < 1.29 is 18.1 Å². The van der Waals surface area contributed by atoms with E-state index >= 15 is 0 Å². The van der Waals surface area contributed by atoms with Gasteiger partial charge in [0.2, 0.25) is 10.0 Å². The quantitative estimate of drug-likeness (QED) is 0.444. The van der Waals surface area contributed by atoms with E-state index in [4.69, 9.17) is 4.74 Å². The first-order valence-electron chi connectivity index (χ1n) is 8.09. The number of nitrogens with zero attached hydrogens (tertiary/aromatic N) is 3. The molecule has 0 bridgehead atoms. The molecule has 1 aromatic heterocycles.